The highest BCUT2D eigenvalue weighted by Crippen LogP contribution is 2.60. The van der Waals surface area contributed by atoms with Crippen LogP contribution in [0, 0.1) is 0 Å². The van der Waals surface area contributed by atoms with Crippen molar-refractivity contribution >= 4 is 49.8 Å². The van der Waals surface area contributed by atoms with Crippen LogP contribution in [0.15, 0.2) is 241 Å². The predicted molar refractivity (Wildman–Crippen MR) is 254 cm³/mol. The summed E-state index contributed by atoms with van der Waals surface area (Å²) in [7, 11) is 0. The lowest BCUT2D eigenvalue weighted by atomic mass is 9.68. The highest BCUT2D eigenvalue weighted by Gasteiger charge is 2.47. The van der Waals surface area contributed by atoms with Gasteiger partial charge in [-0.1, -0.05) is 212 Å². The third-order valence-corrected chi connectivity index (χ3v) is 12.7. The van der Waals surface area contributed by atoms with E-state index in [2.05, 4.69) is 241 Å². The zero-order chi connectivity index (χ0) is 40.3. The Morgan fingerprint density at radius 2 is 0.869 bits per heavy atom. The van der Waals surface area contributed by atoms with E-state index in [0.29, 0.717) is 0 Å². The Morgan fingerprint density at radius 1 is 0.328 bits per heavy atom. The number of nitrogens with zero attached hydrogens (tertiary/aromatic N) is 1. The molecule has 61 heavy (non-hydrogen) atoms. The summed E-state index contributed by atoms with van der Waals surface area (Å²) in [4.78, 5) is 2.47. The Hall–Kier alpha value is -7.94. The van der Waals surface area contributed by atoms with Crippen LogP contribution >= 0.6 is 0 Å². The second kappa shape index (κ2) is 14.1. The first-order chi connectivity index (χ1) is 30.3. The molecular weight excluding hydrogens is 739 g/mol. The Labute approximate surface area is 355 Å². The second-order valence-corrected chi connectivity index (χ2v) is 15.9. The van der Waals surface area contributed by atoms with Crippen LogP contribution < -0.4 is 4.90 Å². The van der Waals surface area contributed by atoms with Crippen molar-refractivity contribution in [2.24, 2.45) is 0 Å². The standard InChI is InChI=1S/C59H39NO/c1-4-20-41(21-5-1)47-29-16-30-48-49-31-17-36-55(58(49)61-57(47)48)60(53-34-15-13-27-46(53)43-38-37-40-19-10-11-22-42(40)39-43)54-35-18-33-52-56(54)50-28-12-14-32-51(50)59(52,44-23-6-2-7-24-44)45-25-8-3-9-26-45/h1-39H. The van der Waals surface area contributed by atoms with Crippen molar-refractivity contribution in [1.29, 1.82) is 0 Å². The van der Waals surface area contributed by atoms with Crippen molar-refractivity contribution in [3.8, 4) is 33.4 Å². The van der Waals surface area contributed by atoms with Gasteiger partial charge in [0.15, 0.2) is 5.58 Å². The van der Waals surface area contributed by atoms with E-state index in [4.69, 9.17) is 4.42 Å². The fourth-order valence-corrected chi connectivity index (χ4v) is 10.1. The summed E-state index contributed by atoms with van der Waals surface area (Å²) in [5.41, 5.74) is 16.2. The number of furan rings is 1. The van der Waals surface area contributed by atoms with Crippen LogP contribution in [-0.2, 0) is 5.41 Å². The molecule has 0 aliphatic heterocycles. The monoisotopic (exact) mass is 777 g/mol. The molecule has 0 saturated carbocycles. The number of hydrogen-bond acceptors (Lipinski definition) is 2. The van der Waals surface area contributed by atoms with Crippen molar-refractivity contribution in [3.63, 3.8) is 0 Å². The van der Waals surface area contributed by atoms with Crippen LogP contribution in [0.2, 0.25) is 0 Å². The lowest BCUT2D eigenvalue weighted by molar-refractivity contribution is 0.670. The molecule has 1 aromatic heterocycles. The minimum Gasteiger partial charge on any atom is -0.453 e. The summed E-state index contributed by atoms with van der Waals surface area (Å²) in [6.07, 6.45) is 0. The quantitative estimate of drug-likeness (QED) is 0.160. The van der Waals surface area contributed by atoms with E-state index in [0.717, 1.165) is 61.3 Å². The fraction of sp³-hybridized carbons (Fsp3) is 0.0169. The van der Waals surface area contributed by atoms with Gasteiger partial charge in [-0.25, -0.2) is 0 Å². The molecule has 0 fully saturated rings. The fourth-order valence-electron chi connectivity index (χ4n) is 10.1. The average molecular weight is 778 g/mol. The molecule has 2 nitrogen and oxygen atoms in total. The zero-order valence-electron chi connectivity index (χ0n) is 33.4. The first-order valence-corrected chi connectivity index (χ1v) is 21.0. The first-order valence-electron chi connectivity index (χ1n) is 21.0. The first kappa shape index (κ1) is 35.0. The van der Waals surface area contributed by atoms with Crippen LogP contribution in [-0.4, -0.2) is 0 Å². The van der Waals surface area contributed by atoms with Crippen LogP contribution in [0.5, 0.6) is 0 Å². The summed E-state index contributed by atoms with van der Waals surface area (Å²) >= 11 is 0. The summed E-state index contributed by atoms with van der Waals surface area (Å²) in [5.74, 6) is 0. The minimum atomic E-state index is -0.552. The van der Waals surface area contributed by atoms with Gasteiger partial charge in [-0.2, -0.15) is 0 Å². The molecule has 0 amide bonds. The second-order valence-electron chi connectivity index (χ2n) is 15.9. The number of benzene rings is 10. The van der Waals surface area contributed by atoms with E-state index >= 15 is 0 Å². The van der Waals surface area contributed by atoms with Gasteiger partial charge in [-0.3, -0.25) is 0 Å². The number of hydrogen-bond donors (Lipinski definition) is 0. The highest BCUT2D eigenvalue weighted by atomic mass is 16.3. The normalized spacial score (nSPS) is 12.7. The molecule has 286 valence electrons. The Bertz CT molecular complexity index is 3380. The van der Waals surface area contributed by atoms with Crippen molar-refractivity contribution in [2.45, 2.75) is 5.41 Å². The molecule has 0 radical (unpaired) electrons. The maximum absolute atomic E-state index is 7.22. The van der Waals surface area contributed by atoms with E-state index in [9.17, 15) is 0 Å². The third kappa shape index (κ3) is 5.36. The van der Waals surface area contributed by atoms with Gasteiger partial charge >= 0.3 is 0 Å². The number of para-hydroxylation sites is 3. The molecule has 0 N–H and O–H groups in total. The summed E-state index contributed by atoms with van der Waals surface area (Å²) in [6.45, 7) is 0. The van der Waals surface area contributed by atoms with Crippen LogP contribution in [0.25, 0.3) is 66.1 Å². The van der Waals surface area contributed by atoms with Crippen molar-refractivity contribution in [1.82, 2.24) is 0 Å². The zero-order valence-corrected chi connectivity index (χ0v) is 33.4. The lowest BCUT2D eigenvalue weighted by Crippen LogP contribution is -2.28. The van der Waals surface area contributed by atoms with Gasteiger partial charge < -0.3 is 9.32 Å². The molecule has 0 saturated heterocycles. The molecule has 11 aromatic rings. The molecule has 1 aliphatic rings. The van der Waals surface area contributed by atoms with E-state index in [1.165, 1.54) is 44.2 Å². The van der Waals surface area contributed by atoms with E-state index in [-0.39, 0.29) is 0 Å². The van der Waals surface area contributed by atoms with Crippen LogP contribution in [0.1, 0.15) is 22.3 Å². The minimum absolute atomic E-state index is 0.552. The Kier molecular flexibility index (Phi) is 8.11. The van der Waals surface area contributed by atoms with E-state index < -0.39 is 5.41 Å². The molecule has 2 heteroatoms. The van der Waals surface area contributed by atoms with Gasteiger partial charge in [0.05, 0.1) is 22.5 Å². The van der Waals surface area contributed by atoms with Gasteiger partial charge in [0.2, 0.25) is 0 Å². The van der Waals surface area contributed by atoms with Gasteiger partial charge in [-0.15, -0.1) is 0 Å². The van der Waals surface area contributed by atoms with Gasteiger partial charge in [0, 0.05) is 27.5 Å². The van der Waals surface area contributed by atoms with Crippen LogP contribution in [0.4, 0.5) is 17.1 Å². The largest absolute Gasteiger partial charge is 0.453 e. The molecule has 0 atom stereocenters. The third-order valence-electron chi connectivity index (χ3n) is 12.7. The molecule has 0 unspecified atom stereocenters. The van der Waals surface area contributed by atoms with Gasteiger partial charge in [0.25, 0.3) is 0 Å². The molecule has 1 heterocycles. The summed E-state index contributed by atoms with van der Waals surface area (Å²) in [6, 6.07) is 85.9. The Balaban J connectivity index is 1.19. The molecule has 0 bridgehead atoms. The Morgan fingerprint density at radius 3 is 1.64 bits per heavy atom. The molecule has 10 aromatic carbocycles. The lowest BCUT2D eigenvalue weighted by Gasteiger charge is -2.34. The van der Waals surface area contributed by atoms with Crippen molar-refractivity contribution in [2.75, 3.05) is 4.90 Å². The average Bonchev–Trinajstić information content (AvgIpc) is 3.88. The number of rotatable bonds is 7. The van der Waals surface area contributed by atoms with Gasteiger partial charge in [0.1, 0.15) is 5.58 Å². The van der Waals surface area contributed by atoms with Gasteiger partial charge in [-0.05, 0) is 74.0 Å². The van der Waals surface area contributed by atoms with Crippen molar-refractivity contribution in [3.05, 3.63) is 259 Å². The van der Waals surface area contributed by atoms with Crippen LogP contribution in [0.3, 0.4) is 0 Å². The van der Waals surface area contributed by atoms with E-state index in [1.807, 2.05) is 0 Å². The molecule has 12 rings (SSSR count). The maximum Gasteiger partial charge on any atom is 0.159 e. The summed E-state index contributed by atoms with van der Waals surface area (Å²) < 4.78 is 7.22. The smallest absolute Gasteiger partial charge is 0.159 e. The predicted octanol–water partition coefficient (Wildman–Crippen LogP) is 15.9. The van der Waals surface area contributed by atoms with Crippen molar-refractivity contribution < 1.29 is 4.42 Å². The number of fused-ring (bicyclic) bond motifs is 7. The maximum atomic E-state index is 7.22. The number of anilines is 3. The SMILES string of the molecule is c1ccc(-c2cccc3c2oc2c(N(c4ccccc4-c4ccc5ccccc5c4)c4cccc5c4-c4ccccc4C5(c4ccccc4)c4ccccc4)cccc23)cc1. The summed E-state index contributed by atoms with van der Waals surface area (Å²) in [5, 5.41) is 4.60. The topological polar surface area (TPSA) is 16.4 Å². The molecule has 1 aliphatic carbocycles. The van der Waals surface area contributed by atoms with E-state index in [1.54, 1.807) is 0 Å². The molecular formula is C59H39NO. The highest BCUT2D eigenvalue weighted by molar-refractivity contribution is 6.14. The molecule has 0 spiro atoms.